The van der Waals surface area contributed by atoms with Crippen molar-refractivity contribution < 1.29 is 0 Å². The molecule has 6 nitrogen and oxygen atoms in total. The molecule has 6 aromatic rings. The van der Waals surface area contributed by atoms with E-state index in [0.29, 0.717) is 0 Å². The number of hydrogen-bond acceptors (Lipinski definition) is 4. The third-order valence-electron chi connectivity index (χ3n) is 5.52. The van der Waals surface area contributed by atoms with Gasteiger partial charge in [0, 0.05) is 46.1 Å². The van der Waals surface area contributed by atoms with Crippen LogP contribution in [0.1, 0.15) is 0 Å². The van der Waals surface area contributed by atoms with Crippen LogP contribution in [-0.2, 0) is 0 Å². The van der Waals surface area contributed by atoms with Crippen molar-refractivity contribution in [2.45, 2.75) is 0 Å². The molecule has 0 atom stereocenters. The minimum absolute atomic E-state index is 0.746. The third kappa shape index (κ3) is 2.93. The standard InChI is InChI=1S/C25H18N6/c26-18-5-1-3-15(11-18)16-6-7-22-19(12-16)25(31-30-22)23-13-20-21(29-23)8-10-28-24(20)17-4-2-9-27-14-17/h1-14,29H,26H2,(H,30,31). The van der Waals surface area contributed by atoms with Crippen LogP contribution < -0.4 is 5.73 Å². The molecule has 4 aromatic heterocycles. The number of H-pyrrole nitrogens is 2. The molecule has 0 fully saturated rings. The molecule has 0 saturated heterocycles. The van der Waals surface area contributed by atoms with Crippen molar-refractivity contribution in [3.63, 3.8) is 0 Å². The summed E-state index contributed by atoms with van der Waals surface area (Å²) in [6.45, 7) is 0. The van der Waals surface area contributed by atoms with Crippen molar-refractivity contribution >= 4 is 27.5 Å². The first-order valence-electron chi connectivity index (χ1n) is 9.99. The molecule has 31 heavy (non-hydrogen) atoms. The van der Waals surface area contributed by atoms with Crippen LogP contribution in [-0.4, -0.2) is 25.1 Å². The predicted octanol–water partition coefficient (Wildman–Crippen LogP) is 5.42. The summed E-state index contributed by atoms with van der Waals surface area (Å²) in [7, 11) is 0. The van der Waals surface area contributed by atoms with Crippen molar-refractivity contribution in [1.82, 2.24) is 25.1 Å². The van der Waals surface area contributed by atoms with Crippen LogP contribution in [0.3, 0.4) is 0 Å². The fourth-order valence-corrected chi connectivity index (χ4v) is 4.03. The van der Waals surface area contributed by atoms with E-state index in [0.717, 1.165) is 61.3 Å². The quantitative estimate of drug-likeness (QED) is 0.345. The molecule has 0 spiro atoms. The molecule has 2 aromatic carbocycles. The summed E-state index contributed by atoms with van der Waals surface area (Å²) in [4.78, 5) is 12.3. The molecule has 4 heterocycles. The fourth-order valence-electron chi connectivity index (χ4n) is 4.03. The number of hydrogen-bond donors (Lipinski definition) is 3. The number of nitrogens with one attached hydrogen (secondary N) is 2. The van der Waals surface area contributed by atoms with Crippen molar-refractivity contribution in [2.24, 2.45) is 0 Å². The van der Waals surface area contributed by atoms with E-state index in [2.05, 4.69) is 55.5 Å². The summed E-state index contributed by atoms with van der Waals surface area (Å²) < 4.78 is 0. The Balaban J connectivity index is 1.51. The molecule has 0 saturated carbocycles. The maximum Gasteiger partial charge on any atom is 0.116 e. The number of nitrogen functional groups attached to an aromatic ring is 1. The van der Waals surface area contributed by atoms with Crippen molar-refractivity contribution in [3.05, 3.63) is 85.3 Å². The molecule has 6 heteroatoms. The lowest BCUT2D eigenvalue weighted by atomic mass is 10.0. The second-order valence-corrected chi connectivity index (χ2v) is 7.50. The molecule has 0 aliphatic rings. The zero-order valence-electron chi connectivity index (χ0n) is 16.5. The predicted molar refractivity (Wildman–Crippen MR) is 124 cm³/mol. The smallest absolute Gasteiger partial charge is 0.116 e. The number of aromatic nitrogens is 5. The Bertz CT molecular complexity index is 1550. The third-order valence-corrected chi connectivity index (χ3v) is 5.52. The number of anilines is 1. The van der Waals surface area contributed by atoms with E-state index in [4.69, 9.17) is 5.73 Å². The summed E-state index contributed by atoms with van der Waals surface area (Å²) >= 11 is 0. The largest absolute Gasteiger partial charge is 0.399 e. The molecule has 0 bridgehead atoms. The number of nitrogens with two attached hydrogens (primary N) is 1. The van der Waals surface area contributed by atoms with Gasteiger partial charge in [0.05, 0.1) is 16.9 Å². The Morgan fingerprint density at radius 3 is 2.45 bits per heavy atom. The normalized spacial score (nSPS) is 11.4. The second-order valence-electron chi connectivity index (χ2n) is 7.50. The Labute approximate surface area is 177 Å². The number of benzene rings is 2. The van der Waals surface area contributed by atoms with Gasteiger partial charge in [0.25, 0.3) is 0 Å². The van der Waals surface area contributed by atoms with Crippen LogP contribution in [0, 0.1) is 0 Å². The molecular weight excluding hydrogens is 384 g/mol. The van der Waals surface area contributed by atoms with Gasteiger partial charge in [-0.15, -0.1) is 0 Å². The van der Waals surface area contributed by atoms with Crippen molar-refractivity contribution in [3.8, 4) is 33.8 Å². The number of fused-ring (bicyclic) bond motifs is 2. The van der Waals surface area contributed by atoms with Crippen LogP contribution in [0.4, 0.5) is 5.69 Å². The molecule has 0 aliphatic heterocycles. The van der Waals surface area contributed by atoms with Gasteiger partial charge in [-0.05, 0) is 59.7 Å². The van der Waals surface area contributed by atoms with Gasteiger partial charge in [0.1, 0.15) is 5.69 Å². The second kappa shape index (κ2) is 6.81. The summed E-state index contributed by atoms with van der Waals surface area (Å²) in [5.41, 5.74) is 14.6. The van der Waals surface area contributed by atoms with Crippen LogP contribution in [0.15, 0.2) is 85.3 Å². The zero-order chi connectivity index (χ0) is 20.8. The van der Waals surface area contributed by atoms with Crippen LogP contribution in [0.5, 0.6) is 0 Å². The highest BCUT2D eigenvalue weighted by molar-refractivity contribution is 6.00. The van der Waals surface area contributed by atoms with Gasteiger partial charge in [0.15, 0.2) is 0 Å². The fraction of sp³-hybridized carbons (Fsp3) is 0. The van der Waals surface area contributed by atoms with Crippen LogP contribution in [0.25, 0.3) is 55.6 Å². The van der Waals surface area contributed by atoms with Gasteiger partial charge in [-0.1, -0.05) is 18.2 Å². The lowest BCUT2D eigenvalue weighted by Gasteiger charge is -2.03. The molecule has 4 N–H and O–H groups in total. The maximum absolute atomic E-state index is 5.98. The SMILES string of the molecule is Nc1cccc(-c2ccc3[nH]nc(-c4cc5c(-c6cccnc6)nccc5[nH]4)c3c2)c1. The summed E-state index contributed by atoms with van der Waals surface area (Å²) in [6, 6.07) is 22.2. The van der Waals surface area contributed by atoms with E-state index in [9.17, 15) is 0 Å². The minimum Gasteiger partial charge on any atom is -0.399 e. The van der Waals surface area contributed by atoms with Crippen LogP contribution in [0.2, 0.25) is 0 Å². The lowest BCUT2D eigenvalue weighted by Crippen LogP contribution is -1.85. The van der Waals surface area contributed by atoms with Gasteiger partial charge in [-0.2, -0.15) is 5.10 Å². The highest BCUT2D eigenvalue weighted by Crippen LogP contribution is 2.34. The maximum atomic E-state index is 5.98. The minimum atomic E-state index is 0.746. The van der Waals surface area contributed by atoms with Gasteiger partial charge in [0.2, 0.25) is 0 Å². The monoisotopic (exact) mass is 402 g/mol. The Morgan fingerprint density at radius 2 is 1.58 bits per heavy atom. The molecular formula is C25H18N6. The van der Waals surface area contributed by atoms with E-state index in [-0.39, 0.29) is 0 Å². The number of nitrogens with zero attached hydrogens (tertiary/aromatic N) is 3. The summed E-state index contributed by atoms with van der Waals surface area (Å²) in [6.07, 6.45) is 5.40. The molecule has 148 valence electrons. The van der Waals surface area contributed by atoms with E-state index in [1.54, 1.807) is 6.20 Å². The molecule has 0 aliphatic carbocycles. The van der Waals surface area contributed by atoms with E-state index in [1.807, 2.05) is 48.8 Å². The van der Waals surface area contributed by atoms with Crippen molar-refractivity contribution in [2.75, 3.05) is 5.73 Å². The first-order chi connectivity index (χ1) is 15.3. The zero-order valence-corrected chi connectivity index (χ0v) is 16.5. The van der Waals surface area contributed by atoms with E-state index >= 15 is 0 Å². The molecule has 6 rings (SSSR count). The van der Waals surface area contributed by atoms with Crippen LogP contribution >= 0.6 is 0 Å². The van der Waals surface area contributed by atoms with Gasteiger partial charge in [-0.25, -0.2) is 0 Å². The molecule has 0 radical (unpaired) electrons. The lowest BCUT2D eigenvalue weighted by molar-refractivity contribution is 1.12. The average molecular weight is 402 g/mol. The molecule has 0 amide bonds. The Kier molecular flexibility index (Phi) is 3.83. The Morgan fingerprint density at radius 1 is 0.710 bits per heavy atom. The average Bonchev–Trinajstić information content (AvgIpc) is 3.43. The van der Waals surface area contributed by atoms with E-state index < -0.39 is 0 Å². The topological polar surface area (TPSA) is 96.3 Å². The highest BCUT2D eigenvalue weighted by atomic mass is 15.1. The number of pyridine rings is 2. The van der Waals surface area contributed by atoms with Gasteiger partial charge < -0.3 is 10.7 Å². The number of rotatable bonds is 3. The van der Waals surface area contributed by atoms with Crippen molar-refractivity contribution in [1.29, 1.82) is 0 Å². The first-order valence-corrected chi connectivity index (χ1v) is 9.99. The Hall–Kier alpha value is -4.45. The molecule has 0 unspecified atom stereocenters. The number of aromatic amines is 2. The van der Waals surface area contributed by atoms with Gasteiger partial charge in [-0.3, -0.25) is 15.1 Å². The van der Waals surface area contributed by atoms with Gasteiger partial charge >= 0.3 is 0 Å². The highest BCUT2D eigenvalue weighted by Gasteiger charge is 2.15. The summed E-state index contributed by atoms with van der Waals surface area (Å²) in [5, 5.41) is 9.83. The summed E-state index contributed by atoms with van der Waals surface area (Å²) in [5.74, 6) is 0. The first kappa shape index (κ1) is 17.4. The van der Waals surface area contributed by atoms with E-state index in [1.165, 1.54) is 0 Å².